The van der Waals surface area contributed by atoms with Crippen LogP contribution in [0.15, 0.2) is 73.1 Å². The van der Waals surface area contributed by atoms with Crippen molar-refractivity contribution in [2.75, 3.05) is 11.5 Å². The van der Waals surface area contributed by atoms with Crippen molar-refractivity contribution in [1.82, 2.24) is 19.9 Å². The summed E-state index contributed by atoms with van der Waals surface area (Å²) >= 11 is 5.89. The van der Waals surface area contributed by atoms with Crippen LogP contribution in [0.4, 0.5) is 5.69 Å². The molecule has 1 aromatic carbocycles. The molecule has 0 radical (unpaired) electrons. The first kappa shape index (κ1) is 23.1. The Kier molecular flexibility index (Phi) is 6.26. The van der Waals surface area contributed by atoms with E-state index in [1.54, 1.807) is 0 Å². The summed E-state index contributed by atoms with van der Waals surface area (Å²) in [5.74, 6) is 1.79. The van der Waals surface area contributed by atoms with E-state index in [-0.39, 0.29) is 12.1 Å². The highest BCUT2D eigenvalue weighted by Crippen LogP contribution is 2.44. The molecule has 0 amide bonds. The molecule has 6 nitrogen and oxygen atoms in total. The molecule has 35 heavy (non-hydrogen) atoms. The second-order valence-corrected chi connectivity index (χ2v) is 9.12. The van der Waals surface area contributed by atoms with Gasteiger partial charge >= 0.3 is 0 Å². The molecular formula is C28H29N5OS. The van der Waals surface area contributed by atoms with Crippen molar-refractivity contribution in [1.29, 1.82) is 0 Å². The molecule has 0 unspecified atom stereocenters. The molecule has 4 aromatic rings. The smallest absolute Gasteiger partial charge is 0.174 e. The number of hydrogen-bond donors (Lipinski definition) is 1. The van der Waals surface area contributed by atoms with Crippen LogP contribution >= 0.6 is 12.2 Å². The van der Waals surface area contributed by atoms with Gasteiger partial charge in [0.1, 0.15) is 11.6 Å². The van der Waals surface area contributed by atoms with E-state index in [1.165, 1.54) is 5.56 Å². The van der Waals surface area contributed by atoms with Crippen LogP contribution in [0.25, 0.3) is 5.82 Å². The van der Waals surface area contributed by atoms with Gasteiger partial charge in [-0.3, -0.25) is 4.98 Å². The molecule has 1 aliphatic rings. The van der Waals surface area contributed by atoms with Crippen LogP contribution in [0, 0.1) is 20.8 Å². The highest BCUT2D eigenvalue weighted by Gasteiger charge is 2.42. The maximum Gasteiger partial charge on any atom is 0.174 e. The molecule has 0 bridgehead atoms. The Morgan fingerprint density at radius 2 is 1.74 bits per heavy atom. The summed E-state index contributed by atoms with van der Waals surface area (Å²) in [5, 5.41) is 4.23. The standard InChI is InChI=1S/C28H29N5OS/c1-5-34-22-13-11-21(12-14-22)33-26(25(31-28(33)35)24-10-6-7-15-29-24)23-17-19(3)32(20(23)4)27-18(2)9-8-16-30-27/h6-17,25-26H,5H2,1-4H3,(H,31,35)/t25-,26-/m0/s1. The predicted molar refractivity (Wildman–Crippen MR) is 143 cm³/mol. The lowest BCUT2D eigenvalue weighted by molar-refractivity contribution is 0.340. The minimum Gasteiger partial charge on any atom is -0.494 e. The second kappa shape index (κ2) is 9.50. The van der Waals surface area contributed by atoms with Gasteiger partial charge in [-0.15, -0.1) is 0 Å². The highest BCUT2D eigenvalue weighted by molar-refractivity contribution is 7.80. The van der Waals surface area contributed by atoms with Crippen LogP contribution in [0.5, 0.6) is 5.75 Å². The Labute approximate surface area is 211 Å². The van der Waals surface area contributed by atoms with Crippen LogP contribution in [0.3, 0.4) is 0 Å². The quantitative estimate of drug-likeness (QED) is 0.352. The molecule has 1 fully saturated rings. The van der Waals surface area contributed by atoms with E-state index in [4.69, 9.17) is 17.0 Å². The fraction of sp³-hybridized carbons (Fsp3) is 0.250. The predicted octanol–water partition coefficient (Wildman–Crippen LogP) is 5.77. The van der Waals surface area contributed by atoms with E-state index in [1.807, 2.05) is 49.6 Å². The highest BCUT2D eigenvalue weighted by atomic mass is 32.1. The first-order valence-electron chi connectivity index (χ1n) is 11.8. The first-order valence-corrected chi connectivity index (χ1v) is 12.2. The Morgan fingerprint density at radius 3 is 2.43 bits per heavy atom. The van der Waals surface area contributed by atoms with Gasteiger partial charge < -0.3 is 19.5 Å². The lowest BCUT2D eigenvalue weighted by Crippen LogP contribution is -2.29. The summed E-state index contributed by atoms with van der Waals surface area (Å²) in [6, 6.07) is 20.3. The average Bonchev–Trinajstić information content (AvgIpc) is 3.36. The van der Waals surface area contributed by atoms with Crippen molar-refractivity contribution in [2.24, 2.45) is 0 Å². The third-order valence-corrected chi connectivity index (χ3v) is 6.82. The minimum absolute atomic E-state index is 0.0840. The van der Waals surface area contributed by atoms with Crippen molar-refractivity contribution < 1.29 is 4.74 Å². The number of anilines is 1. The summed E-state index contributed by atoms with van der Waals surface area (Å²) in [5.41, 5.74) is 6.54. The molecule has 0 saturated carbocycles. The van der Waals surface area contributed by atoms with Crippen LogP contribution in [-0.4, -0.2) is 26.3 Å². The largest absolute Gasteiger partial charge is 0.494 e. The molecule has 2 atom stereocenters. The fourth-order valence-corrected chi connectivity index (χ4v) is 5.29. The topological polar surface area (TPSA) is 55.2 Å². The zero-order valence-corrected chi connectivity index (χ0v) is 21.2. The van der Waals surface area contributed by atoms with Gasteiger partial charge in [-0.05, 0) is 99.6 Å². The van der Waals surface area contributed by atoms with E-state index in [2.05, 4.69) is 75.9 Å². The molecule has 1 aliphatic heterocycles. The molecule has 7 heteroatoms. The number of benzene rings is 1. The Morgan fingerprint density at radius 1 is 0.971 bits per heavy atom. The summed E-state index contributed by atoms with van der Waals surface area (Å²) in [6.07, 6.45) is 3.67. The van der Waals surface area contributed by atoms with Crippen LogP contribution in [-0.2, 0) is 0 Å². The number of aromatic nitrogens is 3. The molecule has 3 aromatic heterocycles. The fourth-order valence-electron chi connectivity index (χ4n) is 4.94. The van der Waals surface area contributed by atoms with E-state index >= 15 is 0 Å². The summed E-state index contributed by atoms with van der Waals surface area (Å²) in [4.78, 5) is 11.6. The third-order valence-electron chi connectivity index (χ3n) is 6.51. The Hall–Kier alpha value is -3.71. The van der Waals surface area contributed by atoms with E-state index in [9.17, 15) is 0 Å². The molecule has 5 rings (SSSR count). The third kappa shape index (κ3) is 4.17. The molecule has 1 N–H and O–H groups in total. The lowest BCUT2D eigenvalue weighted by atomic mass is 9.96. The van der Waals surface area contributed by atoms with Gasteiger partial charge in [0.15, 0.2) is 5.11 Å². The van der Waals surface area contributed by atoms with Crippen LogP contribution in [0.2, 0.25) is 0 Å². The van der Waals surface area contributed by atoms with Crippen molar-refractivity contribution in [3.63, 3.8) is 0 Å². The van der Waals surface area contributed by atoms with Crippen molar-refractivity contribution in [2.45, 2.75) is 39.8 Å². The normalized spacial score (nSPS) is 17.5. The van der Waals surface area contributed by atoms with Gasteiger partial charge in [0.2, 0.25) is 0 Å². The van der Waals surface area contributed by atoms with Crippen molar-refractivity contribution >= 4 is 23.0 Å². The van der Waals surface area contributed by atoms with E-state index in [0.717, 1.165) is 39.9 Å². The van der Waals surface area contributed by atoms with Gasteiger partial charge in [-0.25, -0.2) is 4.98 Å². The van der Waals surface area contributed by atoms with Gasteiger partial charge in [0.25, 0.3) is 0 Å². The lowest BCUT2D eigenvalue weighted by Gasteiger charge is -2.28. The maximum absolute atomic E-state index is 5.89. The van der Waals surface area contributed by atoms with Crippen molar-refractivity contribution in [3.8, 4) is 11.6 Å². The summed E-state index contributed by atoms with van der Waals surface area (Å²) < 4.78 is 7.90. The zero-order chi connectivity index (χ0) is 24.5. The Balaban J connectivity index is 1.65. The number of nitrogens with one attached hydrogen (secondary N) is 1. The van der Waals surface area contributed by atoms with Gasteiger partial charge in [0.05, 0.1) is 24.4 Å². The van der Waals surface area contributed by atoms with E-state index in [0.29, 0.717) is 11.7 Å². The Bertz CT molecular complexity index is 1350. The number of thiocarbonyl (C=S) groups is 1. The molecule has 4 heterocycles. The zero-order valence-electron chi connectivity index (χ0n) is 20.4. The molecule has 0 aliphatic carbocycles. The van der Waals surface area contributed by atoms with Crippen LogP contribution in [0.1, 0.15) is 47.2 Å². The summed E-state index contributed by atoms with van der Waals surface area (Å²) in [7, 11) is 0. The van der Waals surface area contributed by atoms with Gasteiger partial charge in [0, 0.05) is 29.5 Å². The molecule has 0 spiro atoms. The molecule has 178 valence electrons. The number of pyridine rings is 2. The number of hydrogen-bond acceptors (Lipinski definition) is 4. The molecular weight excluding hydrogens is 454 g/mol. The number of ether oxygens (including phenoxy) is 1. The SMILES string of the molecule is CCOc1ccc(N2C(=S)N[C@@H](c3ccccn3)[C@@H]2c2cc(C)n(-c3ncccc3C)c2C)cc1. The maximum atomic E-state index is 5.89. The minimum atomic E-state index is -0.103. The number of nitrogens with zero attached hydrogens (tertiary/aromatic N) is 4. The van der Waals surface area contributed by atoms with Crippen LogP contribution < -0.4 is 15.0 Å². The van der Waals surface area contributed by atoms with E-state index < -0.39 is 0 Å². The number of rotatable bonds is 6. The second-order valence-electron chi connectivity index (χ2n) is 8.73. The number of aryl methyl sites for hydroxylation is 2. The van der Waals surface area contributed by atoms with Crippen molar-refractivity contribution in [3.05, 3.63) is 101 Å². The monoisotopic (exact) mass is 483 g/mol. The average molecular weight is 484 g/mol. The molecule has 1 saturated heterocycles. The van der Waals surface area contributed by atoms with Gasteiger partial charge in [-0.2, -0.15) is 0 Å². The first-order chi connectivity index (χ1) is 17.0. The summed E-state index contributed by atoms with van der Waals surface area (Å²) in [6.45, 7) is 8.99. The van der Waals surface area contributed by atoms with Gasteiger partial charge in [-0.1, -0.05) is 12.1 Å².